The van der Waals surface area contributed by atoms with Gasteiger partial charge in [0.1, 0.15) is 17.1 Å². The quantitative estimate of drug-likeness (QED) is 0.279. The number of nitrogens with one attached hydrogen (secondary N) is 1. The van der Waals surface area contributed by atoms with Gasteiger partial charge in [0.15, 0.2) is 11.5 Å². The van der Waals surface area contributed by atoms with Crippen molar-refractivity contribution in [1.82, 2.24) is 14.8 Å². The van der Waals surface area contributed by atoms with Crippen molar-refractivity contribution in [2.24, 2.45) is 0 Å². The van der Waals surface area contributed by atoms with Crippen LogP contribution in [0, 0.1) is 6.92 Å². The Kier molecular flexibility index (Phi) is 7.94. The van der Waals surface area contributed by atoms with Crippen LogP contribution >= 0.6 is 11.3 Å². The molecule has 0 aliphatic rings. The highest BCUT2D eigenvalue weighted by Gasteiger charge is 2.21. The van der Waals surface area contributed by atoms with Crippen LogP contribution in [-0.2, 0) is 0 Å². The minimum absolute atomic E-state index is 0.336. The lowest BCUT2D eigenvalue weighted by molar-refractivity contribution is 0.102. The molecular formula is C26H30N4O5S. The second kappa shape index (κ2) is 11.3. The van der Waals surface area contributed by atoms with Crippen LogP contribution in [0.4, 0.5) is 5.82 Å². The van der Waals surface area contributed by atoms with Crippen LogP contribution in [0.5, 0.6) is 23.0 Å². The average molecular weight is 511 g/mol. The standard InChI is InChI=1S/C26H30N4O5S/c1-6-32-18-11-10-12-21-23(18)28-26(36-21)30-22(13-16(5)29-30)27-25(31)17-14-19(33-7-2)24(35-9-4)20(15-17)34-8-3/h10-15H,6-9H2,1-5H3,(H,27,31). The highest BCUT2D eigenvalue weighted by molar-refractivity contribution is 7.20. The third-order valence-corrected chi connectivity index (χ3v) is 6.09. The van der Waals surface area contributed by atoms with Crippen LogP contribution in [0.25, 0.3) is 15.3 Å². The van der Waals surface area contributed by atoms with Crippen molar-refractivity contribution in [3.05, 3.63) is 47.7 Å². The van der Waals surface area contributed by atoms with E-state index in [1.807, 2.05) is 52.8 Å². The Morgan fingerprint density at radius 2 is 1.56 bits per heavy atom. The molecule has 1 N–H and O–H groups in total. The summed E-state index contributed by atoms with van der Waals surface area (Å²) in [7, 11) is 0. The number of carbonyl (C=O) groups is 1. The number of aromatic nitrogens is 3. The fourth-order valence-corrected chi connectivity index (χ4v) is 4.67. The highest BCUT2D eigenvalue weighted by atomic mass is 32.1. The fraction of sp³-hybridized carbons (Fsp3) is 0.346. The molecule has 2 aromatic heterocycles. The zero-order chi connectivity index (χ0) is 25.7. The number of para-hydroxylation sites is 1. The molecule has 190 valence electrons. The maximum absolute atomic E-state index is 13.4. The molecule has 1 amide bonds. The lowest BCUT2D eigenvalue weighted by Crippen LogP contribution is -2.16. The molecule has 0 atom stereocenters. The zero-order valence-electron chi connectivity index (χ0n) is 21.1. The first-order valence-electron chi connectivity index (χ1n) is 12.0. The summed E-state index contributed by atoms with van der Waals surface area (Å²) >= 11 is 1.47. The summed E-state index contributed by atoms with van der Waals surface area (Å²) in [4.78, 5) is 18.1. The number of fused-ring (bicyclic) bond motifs is 1. The first-order valence-corrected chi connectivity index (χ1v) is 12.8. The van der Waals surface area contributed by atoms with E-state index in [2.05, 4.69) is 10.4 Å². The number of aryl methyl sites for hydroxylation is 1. The van der Waals surface area contributed by atoms with Gasteiger partial charge >= 0.3 is 0 Å². The van der Waals surface area contributed by atoms with E-state index in [4.69, 9.17) is 23.9 Å². The van der Waals surface area contributed by atoms with Crippen molar-refractivity contribution < 1.29 is 23.7 Å². The summed E-state index contributed by atoms with van der Waals surface area (Å²) < 4.78 is 25.6. The van der Waals surface area contributed by atoms with Crippen LogP contribution in [0.2, 0.25) is 0 Å². The second-order valence-corrected chi connectivity index (χ2v) is 8.68. The molecule has 36 heavy (non-hydrogen) atoms. The van der Waals surface area contributed by atoms with E-state index in [0.717, 1.165) is 15.9 Å². The molecule has 0 aliphatic heterocycles. The smallest absolute Gasteiger partial charge is 0.257 e. The van der Waals surface area contributed by atoms with Crippen molar-refractivity contribution in [2.75, 3.05) is 31.7 Å². The monoisotopic (exact) mass is 510 g/mol. The predicted molar refractivity (Wildman–Crippen MR) is 141 cm³/mol. The van der Waals surface area contributed by atoms with Gasteiger partial charge in [-0.25, -0.2) is 4.98 Å². The molecule has 0 saturated carbocycles. The zero-order valence-corrected chi connectivity index (χ0v) is 21.9. The number of rotatable bonds is 11. The van der Waals surface area contributed by atoms with Crippen LogP contribution in [0.3, 0.4) is 0 Å². The normalized spacial score (nSPS) is 10.9. The van der Waals surface area contributed by atoms with E-state index in [9.17, 15) is 4.79 Å². The first-order chi connectivity index (χ1) is 17.5. The third-order valence-electron chi connectivity index (χ3n) is 5.10. The number of benzene rings is 2. The molecule has 0 radical (unpaired) electrons. The van der Waals surface area contributed by atoms with Gasteiger partial charge in [-0.2, -0.15) is 9.78 Å². The van der Waals surface area contributed by atoms with Crippen molar-refractivity contribution >= 4 is 33.3 Å². The van der Waals surface area contributed by atoms with Crippen LogP contribution in [0.1, 0.15) is 43.7 Å². The Labute approximate surface area is 214 Å². The van der Waals surface area contributed by atoms with Gasteiger partial charge in [0.2, 0.25) is 10.9 Å². The molecule has 0 fully saturated rings. The van der Waals surface area contributed by atoms with Crippen LogP contribution in [0.15, 0.2) is 36.4 Å². The summed E-state index contributed by atoms with van der Waals surface area (Å²) in [5.74, 6) is 2.27. The Bertz CT molecular complexity index is 1340. The molecule has 4 rings (SSSR count). The Hall–Kier alpha value is -3.79. The van der Waals surface area contributed by atoms with Gasteiger partial charge in [-0.3, -0.25) is 4.79 Å². The van der Waals surface area contributed by atoms with E-state index >= 15 is 0 Å². The molecule has 2 aromatic carbocycles. The number of hydrogen-bond donors (Lipinski definition) is 1. The lowest BCUT2D eigenvalue weighted by atomic mass is 10.1. The number of ether oxygens (including phenoxy) is 4. The summed E-state index contributed by atoms with van der Waals surface area (Å²) in [6, 6.07) is 10.9. The molecule has 0 saturated heterocycles. The minimum atomic E-state index is -0.336. The molecule has 0 unspecified atom stereocenters. The predicted octanol–water partition coefficient (Wildman–Crippen LogP) is 5.64. The van der Waals surface area contributed by atoms with Crippen LogP contribution in [-0.4, -0.2) is 47.1 Å². The average Bonchev–Trinajstić information content (AvgIpc) is 3.45. The third kappa shape index (κ3) is 5.23. The van der Waals surface area contributed by atoms with Crippen molar-refractivity contribution in [3.8, 4) is 28.1 Å². The fourth-order valence-electron chi connectivity index (χ4n) is 3.72. The van der Waals surface area contributed by atoms with Gasteiger partial charge in [-0.05, 0) is 58.9 Å². The summed E-state index contributed by atoms with van der Waals surface area (Å²) in [5, 5.41) is 8.16. The molecular weight excluding hydrogens is 480 g/mol. The number of amides is 1. The van der Waals surface area contributed by atoms with Crippen molar-refractivity contribution in [3.63, 3.8) is 0 Å². The number of anilines is 1. The van der Waals surface area contributed by atoms with Gasteiger partial charge in [0, 0.05) is 11.6 Å². The molecule has 10 heteroatoms. The molecule has 0 bridgehead atoms. The molecule has 9 nitrogen and oxygen atoms in total. The Balaban J connectivity index is 1.69. The number of nitrogens with zero attached hydrogens (tertiary/aromatic N) is 3. The Morgan fingerprint density at radius 1 is 0.917 bits per heavy atom. The van der Waals surface area contributed by atoms with E-state index in [1.165, 1.54) is 11.3 Å². The molecule has 2 heterocycles. The van der Waals surface area contributed by atoms with Gasteiger partial charge < -0.3 is 24.3 Å². The lowest BCUT2D eigenvalue weighted by Gasteiger charge is -2.17. The maximum Gasteiger partial charge on any atom is 0.257 e. The number of hydrogen-bond acceptors (Lipinski definition) is 8. The number of thiazole rings is 1. The molecule has 0 aliphatic carbocycles. The van der Waals surface area contributed by atoms with Gasteiger partial charge in [-0.15, -0.1) is 0 Å². The van der Waals surface area contributed by atoms with Gasteiger partial charge in [0.25, 0.3) is 5.91 Å². The summed E-state index contributed by atoms with van der Waals surface area (Å²) in [6.45, 7) is 11.3. The van der Waals surface area contributed by atoms with Gasteiger partial charge in [0.05, 0.1) is 36.8 Å². The van der Waals surface area contributed by atoms with E-state index in [1.54, 1.807) is 22.9 Å². The molecule has 0 spiro atoms. The van der Waals surface area contributed by atoms with Crippen LogP contribution < -0.4 is 24.3 Å². The SMILES string of the molecule is CCOc1cc(C(=O)Nc2cc(C)nn2-c2nc3c(OCC)cccc3s2)cc(OCC)c1OCC. The summed E-state index contributed by atoms with van der Waals surface area (Å²) in [6.07, 6.45) is 0. The first kappa shape index (κ1) is 25.3. The minimum Gasteiger partial charge on any atom is -0.492 e. The summed E-state index contributed by atoms with van der Waals surface area (Å²) in [5.41, 5.74) is 1.88. The van der Waals surface area contributed by atoms with Gasteiger partial charge in [-0.1, -0.05) is 17.4 Å². The van der Waals surface area contributed by atoms with Crippen molar-refractivity contribution in [1.29, 1.82) is 0 Å². The maximum atomic E-state index is 13.4. The number of carbonyl (C=O) groups excluding carboxylic acids is 1. The topological polar surface area (TPSA) is 96.7 Å². The van der Waals surface area contributed by atoms with Crippen molar-refractivity contribution in [2.45, 2.75) is 34.6 Å². The largest absolute Gasteiger partial charge is 0.492 e. The van der Waals surface area contributed by atoms with E-state index in [-0.39, 0.29) is 5.91 Å². The highest BCUT2D eigenvalue weighted by Crippen LogP contribution is 2.39. The Morgan fingerprint density at radius 3 is 2.19 bits per heavy atom. The van der Waals surface area contributed by atoms with E-state index in [0.29, 0.717) is 65.9 Å². The van der Waals surface area contributed by atoms with E-state index < -0.39 is 0 Å². The second-order valence-electron chi connectivity index (χ2n) is 7.67. The molecule has 4 aromatic rings.